The normalized spacial score (nSPS) is 11.6. The molecule has 0 aliphatic rings. The van der Waals surface area contributed by atoms with E-state index in [1.807, 2.05) is 19.1 Å². The van der Waals surface area contributed by atoms with Gasteiger partial charge in [0.15, 0.2) is 0 Å². The molecular weight excluding hydrogens is 510 g/mol. The number of halogens is 1. The molecule has 0 unspecified atom stereocenters. The van der Waals surface area contributed by atoms with Crippen molar-refractivity contribution in [3.63, 3.8) is 0 Å². The molecule has 0 bridgehead atoms. The molecule has 0 aliphatic carbocycles. The highest BCUT2D eigenvalue weighted by atomic mass is 35.5. The summed E-state index contributed by atoms with van der Waals surface area (Å²) in [5.74, 6) is -0.310. The number of amides is 1. The van der Waals surface area contributed by atoms with E-state index in [-0.39, 0.29) is 23.8 Å². The molecule has 11 heteroatoms. The Hall–Kier alpha value is -3.08. The molecule has 35 heavy (non-hydrogen) atoms. The zero-order chi connectivity index (χ0) is 25.6. The van der Waals surface area contributed by atoms with E-state index < -0.39 is 20.0 Å². The molecule has 0 aromatic heterocycles. The van der Waals surface area contributed by atoms with E-state index in [2.05, 4.69) is 10.0 Å². The molecule has 0 saturated heterocycles. The lowest BCUT2D eigenvalue weighted by molar-refractivity contribution is -0.116. The smallest absolute Gasteiger partial charge is 0.261 e. The fraction of sp³-hybridized carbons (Fsp3) is 0.208. The lowest BCUT2D eigenvalue weighted by Crippen LogP contribution is -2.31. The SMILES string of the molecule is Cc1ccc(N(CCCC(=O)Nc2ccc(S(=O)(=O)Nc3cccc(Cl)c3)cc2)S(C)(=O)=O)cc1. The van der Waals surface area contributed by atoms with Crippen LogP contribution in [0.15, 0.2) is 77.7 Å². The van der Waals surface area contributed by atoms with E-state index in [0.29, 0.717) is 28.5 Å². The Bertz CT molecular complexity index is 1390. The van der Waals surface area contributed by atoms with Gasteiger partial charge in [-0.25, -0.2) is 16.8 Å². The van der Waals surface area contributed by atoms with Crippen molar-refractivity contribution in [2.45, 2.75) is 24.7 Å². The average Bonchev–Trinajstić information content (AvgIpc) is 2.77. The molecule has 0 fully saturated rings. The van der Waals surface area contributed by atoms with E-state index >= 15 is 0 Å². The summed E-state index contributed by atoms with van der Waals surface area (Å²) in [7, 11) is -7.33. The molecule has 2 N–H and O–H groups in total. The summed E-state index contributed by atoms with van der Waals surface area (Å²) in [6.45, 7) is 2.07. The highest BCUT2D eigenvalue weighted by Gasteiger charge is 2.18. The lowest BCUT2D eigenvalue weighted by atomic mass is 10.2. The van der Waals surface area contributed by atoms with Crippen molar-refractivity contribution in [3.05, 3.63) is 83.4 Å². The lowest BCUT2D eigenvalue weighted by Gasteiger charge is -2.22. The number of hydrogen-bond acceptors (Lipinski definition) is 5. The molecule has 1 amide bonds. The molecule has 0 aliphatic heterocycles. The minimum absolute atomic E-state index is 0.0253. The van der Waals surface area contributed by atoms with Gasteiger partial charge in [-0.1, -0.05) is 35.4 Å². The maximum Gasteiger partial charge on any atom is 0.261 e. The Balaban J connectivity index is 1.56. The van der Waals surface area contributed by atoms with Gasteiger partial charge in [-0.15, -0.1) is 0 Å². The minimum Gasteiger partial charge on any atom is -0.326 e. The van der Waals surface area contributed by atoms with Crippen LogP contribution in [0, 0.1) is 6.92 Å². The number of carbonyl (C=O) groups excluding carboxylic acids is 1. The van der Waals surface area contributed by atoms with Crippen molar-refractivity contribution in [1.29, 1.82) is 0 Å². The molecule has 0 saturated carbocycles. The third kappa shape index (κ3) is 7.71. The molecule has 8 nitrogen and oxygen atoms in total. The van der Waals surface area contributed by atoms with Crippen molar-refractivity contribution in [2.75, 3.05) is 27.1 Å². The average molecular weight is 536 g/mol. The number of anilines is 3. The van der Waals surface area contributed by atoms with Crippen molar-refractivity contribution in [3.8, 4) is 0 Å². The van der Waals surface area contributed by atoms with Crippen molar-refractivity contribution >= 4 is 54.6 Å². The first-order valence-electron chi connectivity index (χ1n) is 10.7. The summed E-state index contributed by atoms with van der Waals surface area (Å²) in [4.78, 5) is 12.4. The van der Waals surface area contributed by atoms with Crippen molar-refractivity contribution in [2.24, 2.45) is 0 Å². The van der Waals surface area contributed by atoms with Gasteiger partial charge < -0.3 is 5.32 Å². The molecule has 186 valence electrons. The molecular formula is C24H26ClN3O5S2. The second-order valence-electron chi connectivity index (χ2n) is 7.96. The Morgan fingerprint density at radius 3 is 2.17 bits per heavy atom. The van der Waals surface area contributed by atoms with Crippen LogP contribution in [0.1, 0.15) is 18.4 Å². The van der Waals surface area contributed by atoms with Crippen LogP contribution in [-0.2, 0) is 24.8 Å². The summed E-state index contributed by atoms with van der Waals surface area (Å²) >= 11 is 5.89. The number of hydrogen-bond donors (Lipinski definition) is 2. The summed E-state index contributed by atoms with van der Waals surface area (Å²) in [5, 5.41) is 3.10. The number of rotatable bonds is 10. The monoisotopic (exact) mass is 535 g/mol. The van der Waals surface area contributed by atoms with E-state index in [1.54, 1.807) is 30.3 Å². The van der Waals surface area contributed by atoms with E-state index in [4.69, 9.17) is 11.6 Å². The fourth-order valence-electron chi connectivity index (χ4n) is 3.29. The maximum atomic E-state index is 12.6. The van der Waals surface area contributed by atoms with E-state index in [1.165, 1.54) is 34.6 Å². The van der Waals surface area contributed by atoms with Crippen LogP contribution < -0.4 is 14.3 Å². The molecule has 0 heterocycles. The number of benzene rings is 3. The third-order valence-electron chi connectivity index (χ3n) is 5.01. The Kier molecular flexibility index (Phi) is 8.42. The summed E-state index contributed by atoms with van der Waals surface area (Å²) < 4.78 is 53.3. The van der Waals surface area contributed by atoms with Crippen LogP contribution in [0.3, 0.4) is 0 Å². The van der Waals surface area contributed by atoms with E-state index in [0.717, 1.165) is 11.8 Å². The number of aryl methyl sites for hydroxylation is 1. The zero-order valence-electron chi connectivity index (χ0n) is 19.2. The van der Waals surface area contributed by atoms with Gasteiger partial charge in [0, 0.05) is 23.7 Å². The zero-order valence-corrected chi connectivity index (χ0v) is 21.6. The standard InChI is InChI=1S/C24H26ClN3O5S2/c1-18-8-12-22(13-9-18)28(34(2,30)31)16-4-7-24(29)26-20-10-14-23(15-11-20)35(32,33)27-21-6-3-5-19(25)17-21/h3,5-6,8-15,17,27H,4,7,16H2,1-2H3,(H,26,29). The molecule has 0 atom stereocenters. The molecule has 3 aromatic carbocycles. The molecule has 3 aromatic rings. The molecule has 0 spiro atoms. The second kappa shape index (κ2) is 11.1. The van der Waals surface area contributed by atoms with Crippen LogP contribution >= 0.6 is 11.6 Å². The number of nitrogens with one attached hydrogen (secondary N) is 2. The predicted molar refractivity (Wildman–Crippen MR) is 140 cm³/mol. The quantitative estimate of drug-likeness (QED) is 0.393. The van der Waals surface area contributed by atoms with Crippen LogP contribution in [0.5, 0.6) is 0 Å². The fourth-order valence-corrected chi connectivity index (χ4v) is 5.49. The molecule has 0 radical (unpaired) electrons. The number of nitrogens with zero attached hydrogens (tertiary/aromatic N) is 1. The maximum absolute atomic E-state index is 12.6. The topological polar surface area (TPSA) is 113 Å². The van der Waals surface area contributed by atoms with Gasteiger partial charge in [-0.2, -0.15) is 0 Å². The predicted octanol–water partition coefficient (Wildman–Crippen LogP) is 4.63. The number of carbonyl (C=O) groups is 1. The van der Waals surface area contributed by atoms with Gasteiger partial charge in [0.25, 0.3) is 10.0 Å². The first-order valence-corrected chi connectivity index (χ1v) is 14.4. The first-order chi connectivity index (χ1) is 16.4. The Morgan fingerprint density at radius 2 is 1.57 bits per heavy atom. The Labute approximate surface area is 211 Å². The van der Waals surface area contributed by atoms with Crippen molar-refractivity contribution < 1.29 is 21.6 Å². The Morgan fingerprint density at radius 1 is 0.914 bits per heavy atom. The van der Waals surface area contributed by atoms with Gasteiger partial charge >= 0.3 is 0 Å². The van der Waals surface area contributed by atoms with Crippen LogP contribution in [0.2, 0.25) is 5.02 Å². The highest BCUT2D eigenvalue weighted by Crippen LogP contribution is 2.22. The largest absolute Gasteiger partial charge is 0.326 e. The van der Waals surface area contributed by atoms with E-state index in [9.17, 15) is 21.6 Å². The van der Waals surface area contributed by atoms with Crippen LogP contribution in [0.25, 0.3) is 0 Å². The molecule has 3 rings (SSSR count). The first kappa shape index (κ1) is 26.5. The van der Waals surface area contributed by atoms with Crippen LogP contribution in [-0.4, -0.2) is 35.5 Å². The van der Waals surface area contributed by atoms with Gasteiger partial charge in [0.1, 0.15) is 0 Å². The van der Waals surface area contributed by atoms with Gasteiger partial charge in [-0.3, -0.25) is 13.8 Å². The van der Waals surface area contributed by atoms with Crippen molar-refractivity contribution in [1.82, 2.24) is 0 Å². The van der Waals surface area contributed by atoms with Gasteiger partial charge in [-0.05, 0) is 67.9 Å². The minimum atomic E-state index is -3.83. The summed E-state index contributed by atoms with van der Waals surface area (Å²) in [6, 6.07) is 19.2. The summed E-state index contributed by atoms with van der Waals surface area (Å²) in [6.07, 6.45) is 1.53. The third-order valence-corrected chi connectivity index (χ3v) is 7.84. The van der Waals surface area contributed by atoms with Gasteiger partial charge in [0.05, 0.1) is 22.5 Å². The second-order valence-corrected chi connectivity index (χ2v) is 12.0. The highest BCUT2D eigenvalue weighted by molar-refractivity contribution is 7.92. The summed E-state index contributed by atoms with van der Waals surface area (Å²) in [5.41, 5.74) is 2.32. The number of sulfonamides is 2. The van der Waals surface area contributed by atoms with Crippen LogP contribution in [0.4, 0.5) is 17.1 Å². The van der Waals surface area contributed by atoms with Gasteiger partial charge in [0.2, 0.25) is 15.9 Å².